The molecule has 0 spiro atoms. The predicted molar refractivity (Wildman–Crippen MR) is 103 cm³/mol. The third-order valence-electron chi connectivity index (χ3n) is 4.20. The van der Waals surface area contributed by atoms with Crippen LogP contribution in [0.25, 0.3) is 11.3 Å². The maximum Gasteiger partial charge on any atom is 0.220 e. The SMILES string of the molecule is Cl.Cl.NCC(NC(=O)CCCc1ncc(-c2ccccc2)o1)C1CC1. The lowest BCUT2D eigenvalue weighted by atomic mass is 10.1. The van der Waals surface area contributed by atoms with E-state index in [2.05, 4.69) is 10.3 Å². The summed E-state index contributed by atoms with van der Waals surface area (Å²) in [7, 11) is 0. The molecule has 1 aromatic heterocycles. The highest BCUT2D eigenvalue weighted by atomic mass is 35.5. The third kappa shape index (κ3) is 6.34. The Morgan fingerprint density at radius 2 is 2.00 bits per heavy atom. The molecule has 5 nitrogen and oxygen atoms in total. The Hall–Kier alpha value is -1.56. The highest BCUT2D eigenvalue weighted by Crippen LogP contribution is 2.32. The Morgan fingerprint density at radius 1 is 1.28 bits per heavy atom. The van der Waals surface area contributed by atoms with Crippen molar-refractivity contribution in [3.05, 3.63) is 42.4 Å². The quantitative estimate of drug-likeness (QED) is 0.729. The maximum absolute atomic E-state index is 11.9. The second kappa shape index (κ2) is 10.4. The molecular formula is C18H25Cl2N3O2. The molecule has 1 heterocycles. The van der Waals surface area contributed by atoms with E-state index in [0.29, 0.717) is 31.2 Å². The van der Waals surface area contributed by atoms with Crippen LogP contribution in [0.2, 0.25) is 0 Å². The van der Waals surface area contributed by atoms with Gasteiger partial charge in [0.25, 0.3) is 0 Å². The number of carbonyl (C=O) groups excluding carboxylic acids is 1. The normalized spacial score (nSPS) is 14.1. The lowest BCUT2D eigenvalue weighted by molar-refractivity contribution is -0.122. The first-order valence-electron chi connectivity index (χ1n) is 8.26. The van der Waals surface area contributed by atoms with Gasteiger partial charge in [0.05, 0.1) is 6.20 Å². The molecule has 1 aliphatic carbocycles. The van der Waals surface area contributed by atoms with E-state index < -0.39 is 0 Å². The van der Waals surface area contributed by atoms with Gasteiger partial charge in [0, 0.05) is 31.0 Å². The zero-order chi connectivity index (χ0) is 16.1. The van der Waals surface area contributed by atoms with Gasteiger partial charge in [-0.3, -0.25) is 4.79 Å². The minimum atomic E-state index is 0. The van der Waals surface area contributed by atoms with Crippen molar-refractivity contribution in [3.63, 3.8) is 0 Å². The number of halogens is 2. The van der Waals surface area contributed by atoms with Gasteiger partial charge in [-0.05, 0) is 25.2 Å². The molecule has 7 heteroatoms. The van der Waals surface area contributed by atoms with Crippen LogP contribution in [0.1, 0.15) is 31.6 Å². The Bertz CT molecular complexity index is 645. The summed E-state index contributed by atoms with van der Waals surface area (Å²) in [6, 6.07) is 10.0. The van der Waals surface area contributed by atoms with Crippen molar-refractivity contribution in [1.82, 2.24) is 10.3 Å². The number of carbonyl (C=O) groups is 1. The lowest BCUT2D eigenvalue weighted by Gasteiger charge is -2.15. The summed E-state index contributed by atoms with van der Waals surface area (Å²) in [5.74, 6) is 2.10. The number of nitrogens with one attached hydrogen (secondary N) is 1. The van der Waals surface area contributed by atoms with Crippen LogP contribution in [-0.4, -0.2) is 23.5 Å². The summed E-state index contributed by atoms with van der Waals surface area (Å²) in [6.45, 7) is 0.524. The fraction of sp³-hybridized carbons (Fsp3) is 0.444. The largest absolute Gasteiger partial charge is 0.441 e. The van der Waals surface area contributed by atoms with Crippen molar-refractivity contribution in [2.45, 2.75) is 38.1 Å². The van der Waals surface area contributed by atoms with E-state index in [1.807, 2.05) is 30.3 Å². The van der Waals surface area contributed by atoms with Gasteiger partial charge in [-0.25, -0.2) is 4.98 Å². The Balaban J connectivity index is 0.00000156. The summed E-state index contributed by atoms with van der Waals surface area (Å²) >= 11 is 0. The number of rotatable bonds is 8. The fourth-order valence-electron chi connectivity index (χ4n) is 2.71. The van der Waals surface area contributed by atoms with E-state index in [0.717, 1.165) is 17.7 Å². The van der Waals surface area contributed by atoms with Crippen molar-refractivity contribution in [2.75, 3.05) is 6.54 Å². The number of amides is 1. The van der Waals surface area contributed by atoms with Crippen molar-refractivity contribution >= 4 is 30.7 Å². The summed E-state index contributed by atoms with van der Waals surface area (Å²) in [5.41, 5.74) is 6.71. The number of nitrogens with zero attached hydrogens (tertiary/aromatic N) is 1. The molecule has 25 heavy (non-hydrogen) atoms. The number of hydrogen-bond acceptors (Lipinski definition) is 4. The number of aromatic nitrogens is 1. The van der Waals surface area contributed by atoms with Crippen molar-refractivity contribution in [1.29, 1.82) is 0 Å². The first-order chi connectivity index (χ1) is 11.3. The van der Waals surface area contributed by atoms with Gasteiger partial charge < -0.3 is 15.5 Å². The second-order valence-corrected chi connectivity index (χ2v) is 6.08. The third-order valence-corrected chi connectivity index (χ3v) is 4.20. The minimum Gasteiger partial charge on any atom is -0.441 e. The maximum atomic E-state index is 11.9. The Morgan fingerprint density at radius 3 is 2.64 bits per heavy atom. The van der Waals surface area contributed by atoms with Gasteiger partial charge in [-0.1, -0.05) is 30.3 Å². The summed E-state index contributed by atoms with van der Waals surface area (Å²) in [6.07, 6.45) is 5.97. The van der Waals surface area contributed by atoms with Crippen LogP contribution in [-0.2, 0) is 11.2 Å². The molecule has 3 rings (SSSR count). The molecule has 1 unspecified atom stereocenters. The van der Waals surface area contributed by atoms with E-state index >= 15 is 0 Å². The first-order valence-corrected chi connectivity index (χ1v) is 8.26. The average Bonchev–Trinajstić information content (AvgIpc) is 3.32. The van der Waals surface area contributed by atoms with E-state index in [9.17, 15) is 4.79 Å². The number of benzene rings is 1. The zero-order valence-electron chi connectivity index (χ0n) is 14.0. The molecule has 1 saturated carbocycles. The van der Waals surface area contributed by atoms with Crippen LogP contribution in [0, 0.1) is 5.92 Å². The van der Waals surface area contributed by atoms with Gasteiger partial charge in [-0.2, -0.15) is 0 Å². The highest BCUT2D eigenvalue weighted by molar-refractivity contribution is 5.85. The highest BCUT2D eigenvalue weighted by Gasteiger charge is 2.30. The molecule has 3 N–H and O–H groups in total. The molecule has 138 valence electrons. The van der Waals surface area contributed by atoms with Crippen LogP contribution in [0.4, 0.5) is 0 Å². The van der Waals surface area contributed by atoms with E-state index in [-0.39, 0.29) is 36.8 Å². The summed E-state index contributed by atoms with van der Waals surface area (Å²) in [4.78, 5) is 16.2. The van der Waals surface area contributed by atoms with Gasteiger partial charge in [-0.15, -0.1) is 24.8 Å². The Labute approximate surface area is 160 Å². The van der Waals surface area contributed by atoms with Crippen molar-refractivity contribution in [3.8, 4) is 11.3 Å². The number of hydrogen-bond donors (Lipinski definition) is 2. The topological polar surface area (TPSA) is 81.1 Å². The molecule has 1 atom stereocenters. The fourth-order valence-corrected chi connectivity index (χ4v) is 2.71. The first kappa shape index (κ1) is 21.5. The molecule has 0 saturated heterocycles. The zero-order valence-corrected chi connectivity index (χ0v) is 15.7. The Kier molecular flexibility index (Phi) is 8.97. The second-order valence-electron chi connectivity index (χ2n) is 6.08. The lowest BCUT2D eigenvalue weighted by Crippen LogP contribution is -2.41. The van der Waals surface area contributed by atoms with Gasteiger partial charge in [0.15, 0.2) is 11.7 Å². The number of oxazole rings is 1. The van der Waals surface area contributed by atoms with Crippen molar-refractivity contribution < 1.29 is 9.21 Å². The van der Waals surface area contributed by atoms with Gasteiger partial charge >= 0.3 is 0 Å². The molecule has 0 bridgehead atoms. The predicted octanol–water partition coefficient (Wildman–Crippen LogP) is 3.36. The van der Waals surface area contributed by atoms with E-state index in [4.69, 9.17) is 10.2 Å². The van der Waals surface area contributed by atoms with Crippen LogP contribution >= 0.6 is 24.8 Å². The van der Waals surface area contributed by atoms with Crippen LogP contribution in [0.5, 0.6) is 0 Å². The molecule has 1 aliphatic rings. The number of aryl methyl sites for hydroxylation is 1. The van der Waals surface area contributed by atoms with E-state index in [1.54, 1.807) is 6.20 Å². The van der Waals surface area contributed by atoms with Crippen LogP contribution in [0.15, 0.2) is 40.9 Å². The average molecular weight is 386 g/mol. The summed E-state index contributed by atoms with van der Waals surface area (Å²) in [5, 5.41) is 3.03. The molecule has 1 amide bonds. The molecule has 0 aliphatic heterocycles. The standard InChI is InChI=1S/C18H23N3O2.2ClH/c19-11-15(13-9-10-13)21-17(22)7-4-8-18-20-12-16(23-18)14-5-2-1-3-6-14;;/h1-3,5-6,12-13,15H,4,7-11,19H2,(H,21,22);2*1H. The molecular weight excluding hydrogens is 361 g/mol. The molecule has 1 fully saturated rings. The summed E-state index contributed by atoms with van der Waals surface area (Å²) < 4.78 is 5.74. The molecule has 0 radical (unpaired) electrons. The monoisotopic (exact) mass is 385 g/mol. The van der Waals surface area contributed by atoms with Crippen LogP contribution in [0.3, 0.4) is 0 Å². The molecule has 2 aromatic rings. The number of nitrogens with two attached hydrogens (primary N) is 1. The van der Waals surface area contributed by atoms with Gasteiger partial charge in [0.1, 0.15) is 0 Å². The van der Waals surface area contributed by atoms with Gasteiger partial charge in [0.2, 0.25) is 5.91 Å². The van der Waals surface area contributed by atoms with Crippen molar-refractivity contribution in [2.24, 2.45) is 11.7 Å². The molecule has 1 aromatic carbocycles. The minimum absolute atomic E-state index is 0. The smallest absolute Gasteiger partial charge is 0.220 e. The van der Waals surface area contributed by atoms with E-state index in [1.165, 1.54) is 12.8 Å². The van der Waals surface area contributed by atoms with Crippen LogP contribution < -0.4 is 11.1 Å².